The van der Waals surface area contributed by atoms with Gasteiger partial charge in [-0.3, -0.25) is 4.79 Å². The lowest BCUT2D eigenvalue weighted by Crippen LogP contribution is -2.23. The average Bonchev–Trinajstić information content (AvgIpc) is 2.69. The molecule has 3 rings (SSSR count). The summed E-state index contributed by atoms with van der Waals surface area (Å²) in [5.74, 6) is -0.268. The van der Waals surface area contributed by atoms with E-state index in [-0.39, 0.29) is 11.9 Å². The van der Waals surface area contributed by atoms with Crippen molar-refractivity contribution in [3.8, 4) is 0 Å². The van der Waals surface area contributed by atoms with Crippen molar-refractivity contribution < 1.29 is 14.1 Å². The predicted molar refractivity (Wildman–Crippen MR) is 102 cm³/mol. The molecule has 130 valence electrons. The normalized spacial score (nSPS) is 17.6. The Labute approximate surface area is 149 Å². The number of allylic oxidation sites excluding steroid dienone is 2. The van der Waals surface area contributed by atoms with Crippen LogP contribution in [0.4, 0.5) is 0 Å². The van der Waals surface area contributed by atoms with Crippen molar-refractivity contribution >= 4 is 23.7 Å². The van der Waals surface area contributed by atoms with Gasteiger partial charge >= 0.3 is 5.97 Å². The van der Waals surface area contributed by atoms with Crippen LogP contribution in [0.3, 0.4) is 0 Å². The second kappa shape index (κ2) is 7.84. The summed E-state index contributed by atoms with van der Waals surface area (Å²) in [5.41, 5.74) is 0. The second-order valence-corrected chi connectivity index (χ2v) is 9.02. The maximum atomic E-state index is 14.2. The Bertz CT molecular complexity index is 753. The van der Waals surface area contributed by atoms with Gasteiger partial charge in [-0.15, -0.1) is 0 Å². The van der Waals surface area contributed by atoms with Gasteiger partial charge in [0.05, 0.1) is 12.5 Å². The van der Waals surface area contributed by atoms with Crippen molar-refractivity contribution in [2.45, 2.75) is 26.2 Å². The Balaban J connectivity index is 1.97. The minimum absolute atomic E-state index is 0.122. The van der Waals surface area contributed by atoms with Crippen LogP contribution in [-0.4, -0.2) is 12.6 Å². The van der Waals surface area contributed by atoms with Crippen LogP contribution in [0.25, 0.3) is 0 Å². The molecule has 0 amide bonds. The summed E-state index contributed by atoms with van der Waals surface area (Å²) in [6, 6.07) is 19.3. The van der Waals surface area contributed by atoms with E-state index in [1.165, 1.54) is 0 Å². The fourth-order valence-electron chi connectivity index (χ4n) is 3.34. The van der Waals surface area contributed by atoms with Gasteiger partial charge in [-0.25, -0.2) is 0 Å². The highest BCUT2D eigenvalue weighted by molar-refractivity contribution is 7.82. The van der Waals surface area contributed by atoms with Crippen LogP contribution in [0.2, 0.25) is 0 Å². The third-order valence-corrected chi connectivity index (χ3v) is 7.92. The van der Waals surface area contributed by atoms with E-state index in [1.54, 1.807) is 0 Å². The molecule has 1 atom stereocenters. The van der Waals surface area contributed by atoms with E-state index in [0.717, 1.165) is 15.9 Å². The summed E-state index contributed by atoms with van der Waals surface area (Å²) in [5, 5.41) is 2.65. The molecule has 0 bridgehead atoms. The number of carbonyl (C=O) groups is 1. The Morgan fingerprint density at radius 2 is 1.60 bits per heavy atom. The maximum Gasteiger partial charge on any atom is 0.309 e. The molecule has 0 aromatic heterocycles. The minimum atomic E-state index is -2.86. The zero-order valence-electron chi connectivity index (χ0n) is 14.4. The van der Waals surface area contributed by atoms with E-state index in [4.69, 9.17) is 4.74 Å². The highest BCUT2D eigenvalue weighted by Gasteiger charge is 2.34. The van der Waals surface area contributed by atoms with Crippen molar-refractivity contribution in [3.05, 3.63) is 72.1 Å². The molecule has 0 fully saturated rings. The third-order valence-electron chi connectivity index (χ3n) is 4.65. The second-order valence-electron chi connectivity index (χ2n) is 6.20. The molecule has 4 heteroatoms. The lowest BCUT2D eigenvalue weighted by Gasteiger charge is -2.27. The van der Waals surface area contributed by atoms with E-state index in [0.29, 0.717) is 25.9 Å². The van der Waals surface area contributed by atoms with Crippen LogP contribution in [0.1, 0.15) is 26.2 Å². The summed E-state index contributed by atoms with van der Waals surface area (Å²) < 4.78 is 19.3. The molecule has 0 N–H and O–H groups in total. The molecule has 2 aromatic carbocycles. The van der Waals surface area contributed by atoms with Gasteiger partial charge in [0.15, 0.2) is 7.14 Å². The van der Waals surface area contributed by atoms with Gasteiger partial charge in [-0.05, 0) is 31.5 Å². The van der Waals surface area contributed by atoms with Gasteiger partial charge in [-0.2, -0.15) is 0 Å². The molecule has 0 saturated heterocycles. The van der Waals surface area contributed by atoms with Crippen LogP contribution in [0, 0.1) is 5.92 Å². The largest absolute Gasteiger partial charge is 0.466 e. The van der Waals surface area contributed by atoms with Crippen molar-refractivity contribution in [2.75, 3.05) is 6.61 Å². The number of rotatable bonds is 5. The van der Waals surface area contributed by atoms with E-state index in [9.17, 15) is 9.36 Å². The fraction of sp³-hybridized carbons (Fsp3) is 0.286. The Morgan fingerprint density at radius 1 is 1.04 bits per heavy atom. The standard InChI is InChI=1S/C21H23O3P/c1-2-24-21(22)17-13-15-20(16-14-17)25(23,18-9-5-3-6-10-18)19-11-7-4-8-12-19/h3-12,15,17H,2,13-14,16H2,1H3. The van der Waals surface area contributed by atoms with Crippen LogP contribution in [0.5, 0.6) is 0 Å². The molecule has 0 heterocycles. The first-order valence-electron chi connectivity index (χ1n) is 8.73. The Kier molecular flexibility index (Phi) is 5.55. The average molecular weight is 354 g/mol. The Morgan fingerprint density at radius 3 is 2.04 bits per heavy atom. The quantitative estimate of drug-likeness (QED) is 0.596. The molecule has 3 nitrogen and oxygen atoms in total. The smallest absolute Gasteiger partial charge is 0.309 e. The van der Waals surface area contributed by atoms with Crippen LogP contribution in [-0.2, 0) is 14.1 Å². The van der Waals surface area contributed by atoms with Crippen LogP contribution in [0.15, 0.2) is 72.1 Å². The summed E-state index contributed by atoms with van der Waals surface area (Å²) in [7, 11) is -2.86. The summed E-state index contributed by atoms with van der Waals surface area (Å²) in [4.78, 5) is 12.0. The number of benzene rings is 2. The van der Waals surface area contributed by atoms with Gasteiger partial charge < -0.3 is 9.30 Å². The molecule has 2 aromatic rings. The Hall–Kier alpha value is -2.12. The maximum absolute atomic E-state index is 14.2. The lowest BCUT2D eigenvalue weighted by molar-refractivity contribution is -0.148. The van der Waals surface area contributed by atoms with E-state index in [2.05, 4.69) is 0 Å². The fourth-order valence-corrected chi connectivity index (χ4v) is 6.29. The van der Waals surface area contributed by atoms with Gasteiger partial charge in [-0.1, -0.05) is 66.7 Å². The summed E-state index contributed by atoms with van der Waals surface area (Å²) in [6.07, 6.45) is 3.95. The van der Waals surface area contributed by atoms with Gasteiger partial charge in [0, 0.05) is 10.6 Å². The highest BCUT2D eigenvalue weighted by Crippen LogP contribution is 2.55. The predicted octanol–water partition coefficient (Wildman–Crippen LogP) is 4.25. The van der Waals surface area contributed by atoms with E-state index >= 15 is 0 Å². The third kappa shape index (κ3) is 3.62. The zero-order chi connectivity index (χ0) is 17.7. The van der Waals surface area contributed by atoms with Crippen molar-refractivity contribution in [1.29, 1.82) is 0 Å². The van der Waals surface area contributed by atoms with Crippen LogP contribution >= 0.6 is 7.14 Å². The monoisotopic (exact) mass is 354 g/mol. The molecular weight excluding hydrogens is 331 g/mol. The summed E-state index contributed by atoms with van der Waals surface area (Å²) >= 11 is 0. The summed E-state index contributed by atoms with van der Waals surface area (Å²) in [6.45, 7) is 2.22. The van der Waals surface area contributed by atoms with Crippen LogP contribution < -0.4 is 10.6 Å². The number of hydrogen-bond acceptors (Lipinski definition) is 3. The first-order valence-corrected chi connectivity index (χ1v) is 10.4. The molecule has 0 radical (unpaired) electrons. The molecule has 0 spiro atoms. The van der Waals surface area contributed by atoms with Crippen molar-refractivity contribution in [2.24, 2.45) is 5.92 Å². The van der Waals surface area contributed by atoms with E-state index in [1.807, 2.05) is 73.7 Å². The highest BCUT2D eigenvalue weighted by atomic mass is 31.2. The molecule has 0 aliphatic heterocycles. The number of carbonyl (C=O) groups excluding carboxylic acids is 1. The molecule has 1 aliphatic rings. The van der Waals surface area contributed by atoms with Crippen molar-refractivity contribution in [1.82, 2.24) is 0 Å². The topological polar surface area (TPSA) is 43.4 Å². The van der Waals surface area contributed by atoms with Gasteiger partial charge in [0.2, 0.25) is 0 Å². The minimum Gasteiger partial charge on any atom is -0.466 e. The van der Waals surface area contributed by atoms with Gasteiger partial charge in [0.1, 0.15) is 0 Å². The van der Waals surface area contributed by atoms with Crippen molar-refractivity contribution in [3.63, 3.8) is 0 Å². The van der Waals surface area contributed by atoms with Gasteiger partial charge in [0.25, 0.3) is 0 Å². The first kappa shape index (κ1) is 17.7. The molecule has 1 aliphatic carbocycles. The number of hydrogen-bond donors (Lipinski definition) is 0. The van der Waals surface area contributed by atoms with E-state index < -0.39 is 7.14 Å². The lowest BCUT2D eigenvalue weighted by atomic mass is 9.94. The SMILES string of the molecule is CCOC(=O)C1CC=C(P(=O)(c2ccccc2)c2ccccc2)CC1. The first-order chi connectivity index (χ1) is 12.2. The molecule has 25 heavy (non-hydrogen) atoms. The zero-order valence-corrected chi connectivity index (χ0v) is 15.3. The molecule has 0 saturated carbocycles. The number of esters is 1. The molecular formula is C21H23O3P. The molecule has 1 unspecified atom stereocenters. The number of ether oxygens (including phenoxy) is 1.